The third kappa shape index (κ3) is 2.95. The molecular weight excluding hydrogens is 256 g/mol. The van der Waals surface area contributed by atoms with Crippen LogP contribution in [0.25, 0.3) is 0 Å². The molecule has 1 heterocycles. The minimum absolute atomic E-state index is 0.0227. The van der Waals surface area contributed by atoms with Crippen LogP contribution in [0.1, 0.15) is 29.8 Å². The van der Waals surface area contributed by atoms with Gasteiger partial charge in [-0.2, -0.15) is 11.8 Å². The number of amides is 1. The Hall–Kier alpha value is -1.00. The average molecular weight is 278 g/mol. The van der Waals surface area contributed by atoms with E-state index in [4.69, 9.17) is 0 Å². The topological polar surface area (TPSA) is 32.3 Å². The summed E-state index contributed by atoms with van der Waals surface area (Å²) in [5, 5.41) is 3.35. The standard InChI is InChI=1S/C15H22N2OS/c1-10-5-6-11(2)13(7-10)15-16-8-14(18)17(15)12(3)9-19-4/h5-7,12,15-16H,8-9H2,1-4H3. The summed E-state index contributed by atoms with van der Waals surface area (Å²) in [6, 6.07) is 6.69. The van der Waals surface area contributed by atoms with Crippen molar-refractivity contribution in [3.8, 4) is 0 Å². The van der Waals surface area contributed by atoms with Crippen LogP contribution in [-0.2, 0) is 4.79 Å². The maximum atomic E-state index is 12.1. The monoisotopic (exact) mass is 278 g/mol. The number of carbonyl (C=O) groups excluding carboxylic acids is 1. The van der Waals surface area contributed by atoms with Crippen LogP contribution in [0.4, 0.5) is 0 Å². The first-order chi connectivity index (χ1) is 9.04. The number of aryl methyl sites for hydroxylation is 2. The molecule has 0 aliphatic carbocycles. The second kappa shape index (κ2) is 5.97. The van der Waals surface area contributed by atoms with E-state index in [0.717, 1.165) is 5.75 Å². The maximum absolute atomic E-state index is 12.1. The minimum Gasteiger partial charge on any atom is -0.318 e. The van der Waals surface area contributed by atoms with Crippen molar-refractivity contribution in [3.63, 3.8) is 0 Å². The summed E-state index contributed by atoms with van der Waals surface area (Å²) in [6.45, 7) is 6.77. The van der Waals surface area contributed by atoms with E-state index >= 15 is 0 Å². The van der Waals surface area contributed by atoms with Gasteiger partial charge in [-0.3, -0.25) is 10.1 Å². The number of hydrogen-bond acceptors (Lipinski definition) is 3. The van der Waals surface area contributed by atoms with Gasteiger partial charge in [-0.15, -0.1) is 0 Å². The summed E-state index contributed by atoms with van der Waals surface area (Å²) in [7, 11) is 0. The van der Waals surface area contributed by atoms with Gasteiger partial charge in [-0.05, 0) is 38.2 Å². The smallest absolute Gasteiger partial charge is 0.238 e. The lowest BCUT2D eigenvalue weighted by atomic mass is 10.0. The highest BCUT2D eigenvalue weighted by molar-refractivity contribution is 7.98. The zero-order valence-electron chi connectivity index (χ0n) is 12.1. The van der Waals surface area contributed by atoms with Crippen molar-refractivity contribution in [3.05, 3.63) is 34.9 Å². The van der Waals surface area contributed by atoms with Crippen molar-refractivity contribution in [2.45, 2.75) is 33.0 Å². The predicted octanol–water partition coefficient (Wildman–Crippen LogP) is 2.49. The third-order valence-electron chi connectivity index (χ3n) is 3.62. The van der Waals surface area contributed by atoms with Crippen LogP contribution in [0.15, 0.2) is 18.2 Å². The lowest BCUT2D eigenvalue weighted by molar-refractivity contribution is -0.129. The van der Waals surface area contributed by atoms with Gasteiger partial charge in [0, 0.05) is 11.8 Å². The lowest BCUT2D eigenvalue weighted by Gasteiger charge is -2.31. The first-order valence-electron chi connectivity index (χ1n) is 6.65. The molecule has 4 heteroatoms. The molecule has 0 radical (unpaired) electrons. The van der Waals surface area contributed by atoms with Gasteiger partial charge >= 0.3 is 0 Å². The first kappa shape index (κ1) is 14.4. The van der Waals surface area contributed by atoms with Crippen LogP contribution >= 0.6 is 11.8 Å². The molecule has 1 fully saturated rings. The fourth-order valence-electron chi connectivity index (χ4n) is 2.65. The molecule has 2 atom stereocenters. The van der Waals surface area contributed by atoms with E-state index in [-0.39, 0.29) is 18.1 Å². The van der Waals surface area contributed by atoms with Gasteiger partial charge in [-0.25, -0.2) is 0 Å². The Morgan fingerprint density at radius 3 is 2.89 bits per heavy atom. The molecule has 1 aliphatic rings. The number of hydrogen-bond donors (Lipinski definition) is 1. The fourth-order valence-corrected chi connectivity index (χ4v) is 3.30. The van der Waals surface area contributed by atoms with E-state index < -0.39 is 0 Å². The van der Waals surface area contributed by atoms with Crippen molar-refractivity contribution < 1.29 is 4.79 Å². The molecule has 19 heavy (non-hydrogen) atoms. The van der Waals surface area contributed by atoms with E-state index in [2.05, 4.69) is 50.5 Å². The Morgan fingerprint density at radius 1 is 1.47 bits per heavy atom. The number of carbonyl (C=O) groups is 1. The van der Waals surface area contributed by atoms with Crippen LogP contribution in [-0.4, -0.2) is 35.4 Å². The van der Waals surface area contributed by atoms with E-state index in [0.29, 0.717) is 6.54 Å². The summed E-state index contributed by atoms with van der Waals surface area (Å²) in [6.07, 6.45) is 2.10. The quantitative estimate of drug-likeness (QED) is 0.918. The minimum atomic E-state index is 0.0227. The van der Waals surface area contributed by atoms with E-state index in [1.165, 1.54) is 16.7 Å². The Balaban J connectivity index is 2.32. The molecule has 1 saturated heterocycles. The molecule has 0 saturated carbocycles. The lowest BCUT2D eigenvalue weighted by Crippen LogP contribution is -2.39. The molecule has 104 valence electrons. The average Bonchev–Trinajstić information content (AvgIpc) is 2.74. The molecule has 1 aromatic rings. The van der Waals surface area contributed by atoms with E-state index in [1.807, 2.05) is 4.90 Å². The normalized spacial score (nSPS) is 20.9. The van der Waals surface area contributed by atoms with Gasteiger partial charge < -0.3 is 4.90 Å². The maximum Gasteiger partial charge on any atom is 0.238 e. The van der Waals surface area contributed by atoms with Gasteiger partial charge in [0.1, 0.15) is 6.17 Å². The molecule has 0 bridgehead atoms. The highest BCUT2D eigenvalue weighted by Crippen LogP contribution is 2.28. The summed E-state index contributed by atoms with van der Waals surface area (Å²) in [5.74, 6) is 1.17. The molecule has 2 rings (SSSR count). The second-order valence-electron chi connectivity index (χ2n) is 5.25. The molecule has 1 aromatic carbocycles. The Bertz CT molecular complexity index is 475. The molecule has 0 spiro atoms. The number of rotatable bonds is 4. The highest BCUT2D eigenvalue weighted by atomic mass is 32.2. The van der Waals surface area contributed by atoms with Crippen LogP contribution in [0.3, 0.4) is 0 Å². The van der Waals surface area contributed by atoms with Gasteiger partial charge in [0.25, 0.3) is 0 Å². The van der Waals surface area contributed by atoms with Crippen LogP contribution in [0.2, 0.25) is 0 Å². The Kier molecular flexibility index (Phi) is 4.53. The van der Waals surface area contributed by atoms with Crippen LogP contribution in [0.5, 0.6) is 0 Å². The number of nitrogens with zero attached hydrogens (tertiary/aromatic N) is 1. The van der Waals surface area contributed by atoms with Crippen molar-refractivity contribution in [2.75, 3.05) is 18.6 Å². The summed E-state index contributed by atoms with van der Waals surface area (Å²) in [4.78, 5) is 14.1. The van der Waals surface area contributed by atoms with Crippen LogP contribution < -0.4 is 5.32 Å². The summed E-state index contributed by atoms with van der Waals surface area (Å²) in [5.41, 5.74) is 3.69. The van der Waals surface area contributed by atoms with E-state index in [1.54, 1.807) is 11.8 Å². The summed E-state index contributed by atoms with van der Waals surface area (Å²) >= 11 is 1.78. The number of nitrogens with one attached hydrogen (secondary N) is 1. The number of thioether (sulfide) groups is 1. The predicted molar refractivity (Wildman–Crippen MR) is 81.3 cm³/mol. The number of benzene rings is 1. The van der Waals surface area contributed by atoms with Gasteiger partial charge in [0.15, 0.2) is 0 Å². The van der Waals surface area contributed by atoms with Crippen LogP contribution in [0, 0.1) is 13.8 Å². The zero-order chi connectivity index (χ0) is 14.0. The molecule has 1 aliphatic heterocycles. The second-order valence-corrected chi connectivity index (χ2v) is 6.16. The summed E-state index contributed by atoms with van der Waals surface area (Å²) < 4.78 is 0. The van der Waals surface area contributed by atoms with Crippen molar-refractivity contribution in [2.24, 2.45) is 0 Å². The first-order valence-corrected chi connectivity index (χ1v) is 8.04. The Labute approximate surface area is 119 Å². The van der Waals surface area contributed by atoms with Gasteiger partial charge in [0.2, 0.25) is 5.91 Å². The molecule has 1 N–H and O–H groups in total. The van der Waals surface area contributed by atoms with Crippen molar-refractivity contribution in [1.29, 1.82) is 0 Å². The molecule has 2 unspecified atom stereocenters. The molecule has 3 nitrogen and oxygen atoms in total. The van der Waals surface area contributed by atoms with E-state index in [9.17, 15) is 4.79 Å². The Morgan fingerprint density at radius 2 is 2.21 bits per heavy atom. The van der Waals surface area contributed by atoms with Crippen molar-refractivity contribution in [1.82, 2.24) is 10.2 Å². The largest absolute Gasteiger partial charge is 0.318 e. The van der Waals surface area contributed by atoms with Crippen molar-refractivity contribution >= 4 is 17.7 Å². The SMILES string of the molecule is CSCC(C)N1C(=O)CNC1c1cc(C)ccc1C. The van der Waals surface area contributed by atoms with Gasteiger partial charge in [0.05, 0.1) is 6.54 Å². The van der Waals surface area contributed by atoms with Gasteiger partial charge in [-0.1, -0.05) is 23.8 Å². The molecule has 1 amide bonds. The fraction of sp³-hybridized carbons (Fsp3) is 0.533. The highest BCUT2D eigenvalue weighted by Gasteiger charge is 2.35. The molecular formula is C15H22N2OS. The zero-order valence-corrected chi connectivity index (χ0v) is 12.9. The third-order valence-corrected chi connectivity index (χ3v) is 4.44. The molecule has 0 aromatic heterocycles.